The summed E-state index contributed by atoms with van der Waals surface area (Å²) in [7, 11) is 0. The molecule has 0 spiro atoms. The zero-order chi connectivity index (χ0) is 8.01. The number of likely N-dealkylation sites (tertiary alicyclic amines) is 1. The van der Waals surface area contributed by atoms with Gasteiger partial charge in [0, 0.05) is 6.42 Å². The maximum Gasteiger partial charge on any atom is 0.408 e. The maximum atomic E-state index is 10.8. The average Bonchev–Trinajstić information content (AvgIpc) is 2.43. The summed E-state index contributed by atoms with van der Waals surface area (Å²) in [6.07, 6.45) is -0.691. The Morgan fingerprint density at radius 3 is 2.82 bits per heavy atom. The van der Waals surface area contributed by atoms with Gasteiger partial charge in [-0.05, 0) is 0 Å². The standard InChI is InChI=1S/C6H7NO4/c8-5-4-1-3(11-5)2-7(4)6(9)10/h3-4H,1-2H2,(H,9,10). The van der Waals surface area contributed by atoms with Gasteiger partial charge in [0.1, 0.15) is 12.1 Å². The Morgan fingerprint density at radius 2 is 2.45 bits per heavy atom. The zero-order valence-electron chi connectivity index (χ0n) is 5.69. The Morgan fingerprint density at radius 1 is 1.73 bits per heavy atom. The second-order valence-corrected chi connectivity index (χ2v) is 2.75. The van der Waals surface area contributed by atoms with Crippen LogP contribution >= 0.6 is 0 Å². The minimum atomic E-state index is -1.03. The van der Waals surface area contributed by atoms with Gasteiger partial charge in [-0.25, -0.2) is 9.59 Å². The van der Waals surface area contributed by atoms with Gasteiger partial charge in [0.15, 0.2) is 0 Å². The van der Waals surface area contributed by atoms with E-state index in [1.54, 1.807) is 0 Å². The first kappa shape index (κ1) is 6.45. The Labute approximate surface area is 62.5 Å². The van der Waals surface area contributed by atoms with Gasteiger partial charge in [0.2, 0.25) is 0 Å². The second-order valence-electron chi connectivity index (χ2n) is 2.75. The maximum absolute atomic E-state index is 10.8. The van der Waals surface area contributed by atoms with E-state index in [4.69, 9.17) is 9.84 Å². The lowest BCUT2D eigenvalue weighted by Crippen LogP contribution is -2.43. The van der Waals surface area contributed by atoms with Crippen LogP contribution < -0.4 is 0 Å². The van der Waals surface area contributed by atoms with Gasteiger partial charge in [-0.15, -0.1) is 0 Å². The molecule has 2 saturated heterocycles. The quantitative estimate of drug-likeness (QED) is 0.488. The van der Waals surface area contributed by atoms with Crippen molar-refractivity contribution in [3.63, 3.8) is 0 Å². The smallest absolute Gasteiger partial charge is 0.408 e. The monoisotopic (exact) mass is 157 g/mol. The molecule has 60 valence electrons. The molecule has 11 heavy (non-hydrogen) atoms. The van der Waals surface area contributed by atoms with Gasteiger partial charge < -0.3 is 9.84 Å². The molecule has 2 heterocycles. The van der Waals surface area contributed by atoms with E-state index >= 15 is 0 Å². The first-order chi connectivity index (χ1) is 5.18. The third-order valence-corrected chi connectivity index (χ3v) is 2.06. The van der Waals surface area contributed by atoms with E-state index < -0.39 is 18.1 Å². The van der Waals surface area contributed by atoms with E-state index in [2.05, 4.69) is 0 Å². The number of hydrogen-bond acceptors (Lipinski definition) is 3. The molecule has 5 heteroatoms. The third-order valence-electron chi connectivity index (χ3n) is 2.06. The molecule has 1 N–H and O–H groups in total. The van der Waals surface area contributed by atoms with Crippen molar-refractivity contribution in [3.8, 4) is 0 Å². The van der Waals surface area contributed by atoms with Crippen LogP contribution in [0.4, 0.5) is 4.79 Å². The van der Waals surface area contributed by atoms with Crippen LogP contribution in [0.1, 0.15) is 6.42 Å². The van der Waals surface area contributed by atoms with Gasteiger partial charge in [0.05, 0.1) is 6.54 Å². The Balaban J connectivity index is 2.18. The van der Waals surface area contributed by atoms with Gasteiger partial charge in [-0.1, -0.05) is 0 Å². The first-order valence-electron chi connectivity index (χ1n) is 3.38. The molecule has 2 atom stereocenters. The van der Waals surface area contributed by atoms with Gasteiger partial charge in [-0.3, -0.25) is 4.90 Å². The molecule has 2 rings (SSSR count). The normalized spacial score (nSPS) is 34.2. The molecule has 1 amide bonds. The molecule has 2 fully saturated rings. The number of carbonyl (C=O) groups excluding carboxylic acids is 1. The van der Waals surface area contributed by atoms with Crippen LogP contribution in [0.25, 0.3) is 0 Å². The highest BCUT2D eigenvalue weighted by atomic mass is 16.6. The molecule has 0 saturated carbocycles. The second kappa shape index (κ2) is 1.87. The van der Waals surface area contributed by atoms with E-state index in [1.165, 1.54) is 0 Å². The van der Waals surface area contributed by atoms with Crippen molar-refractivity contribution in [2.75, 3.05) is 6.54 Å². The highest BCUT2D eigenvalue weighted by molar-refractivity contribution is 5.84. The van der Waals surface area contributed by atoms with E-state index in [0.717, 1.165) is 4.90 Å². The summed E-state index contributed by atoms with van der Waals surface area (Å²) in [4.78, 5) is 22.4. The topological polar surface area (TPSA) is 66.8 Å². The summed E-state index contributed by atoms with van der Waals surface area (Å²) >= 11 is 0. The lowest BCUT2D eigenvalue weighted by atomic mass is 10.2. The van der Waals surface area contributed by atoms with Crippen LogP contribution in [0.2, 0.25) is 0 Å². The lowest BCUT2D eigenvalue weighted by Gasteiger charge is -2.22. The van der Waals surface area contributed by atoms with Crippen molar-refractivity contribution >= 4 is 12.1 Å². The van der Waals surface area contributed by atoms with Crippen molar-refractivity contribution in [2.24, 2.45) is 0 Å². The Kier molecular flexibility index (Phi) is 1.10. The number of amides is 1. The van der Waals surface area contributed by atoms with Crippen LogP contribution in [-0.4, -0.2) is 40.8 Å². The highest BCUT2D eigenvalue weighted by Gasteiger charge is 2.48. The number of carbonyl (C=O) groups is 2. The lowest BCUT2D eigenvalue weighted by molar-refractivity contribution is -0.149. The van der Waals surface area contributed by atoms with Crippen LogP contribution in [0, 0.1) is 0 Å². The Bertz CT molecular complexity index is 227. The van der Waals surface area contributed by atoms with E-state index in [0.29, 0.717) is 13.0 Å². The zero-order valence-corrected chi connectivity index (χ0v) is 5.69. The summed E-state index contributed by atoms with van der Waals surface area (Å²) in [6.45, 7) is 0.339. The molecule has 2 aliphatic rings. The summed E-state index contributed by atoms with van der Waals surface area (Å²) < 4.78 is 4.80. The molecular formula is C6H7NO4. The number of carboxylic acid groups (broad SMARTS) is 1. The molecule has 0 aromatic carbocycles. The molecule has 2 unspecified atom stereocenters. The third kappa shape index (κ3) is 0.768. The van der Waals surface area contributed by atoms with Crippen molar-refractivity contribution < 1.29 is 19.4 Å². The fourth-order valence-corrected chi connectivity index (χ4v) is 1.56. The fourth-order valence-electron chi connectivity index (χ4n) is 1.56. The van der Waals surface area contributed by atoms with Gasteiger partial charge in [-0.2, -0.15) is 0 Å². The number of morpholine rings is 1. The van der Waals surface area contributed by atoms with Crippen molar-refractivity contribution in [1.29, 1.82) is 0 Å². The minimum absolute atomic E-state index is 0.191. The van der Waals surface area contributed by atoms with E-state index in [9.17, 15) is 9.59 Å². The van der Waals surface area contributed by atoms with E-state index in [1.807, 2.05) is 0 Å². The SMILES string of the molecule is O=C1OC2CC1N(C(=O)O)C2. The summed E-state index contributed by atoms with van der Waals surface area (Å²) in [6, 6.07) is -0.530. The average molecular weight is 157 g/mol. The predicted molar refractivity (Wildman–Crippen MR) is 33.0 cm³/mol. The van der Waals surface area contributed by atoms with Crippen LogP contribution in [-0.2, 0) is 9.53 Å². The highest BCUT2D eigenvalue weighted by Crippen LogP contribution is 2.28. The molecule has 0 radical (unpaired) electrons. The minimum Gasteiger partial charge on any atom is -0.465 e. The van der Waals surface area contributed by atoms with Gasteiger partial charge in [0.25, 0.3) is 0 Å². The van der Waals surface area contributed by atoms with Crippen LogP contribution in [0.15, 0.2) is 0 Å². The number of fused-ring (bicyclic) bond motifs is 2. The number of rotatable bonds is 0. The summed E-state index contributed by atoms with van der Waals surface area (Å²) in [5.41, 5.74) is 0. The number of esters is 1. The van der Waals surface area contributed by atoms with Gasteiger partial charge >= 0.3 is 12.1 Å². The molecule has 5 nitrogen and oxygen atoms in total. The largest absolute Gasteiger partial charge is 0.465 e. The molecule has 0 aromatic rings. The van der Waals surface area contributed by atoms with Crippen molar-refractivity contribution in [2.45, 2.75) is 18.6 Å². The van der Waals surface area contributed by atoms with Crippen LogP contribution in [0.5, 0.6) is 0 Å². The van der Waals surface area contributed by atoms with Crippen LogP contribution in [0.3, 0.4) is 0 Å². The molecule has 2 aliphatic heterocycles. The first-order valence-corrected chi connectivity index (χ1v) is 3.38. The Hall–Kier alpha value is -1.26. The molecule has 0 aliphatic carbocycles. The number of hydrogen-bond donors (Lipinski definition) is 1. The number of ether oxygens (including phenoxy) is 1. The predicted octanol–water partition coefficient (Wildman–Crippen LogP) is -0.336. The van der Waals surface area contributed by atoms with E-state index in [-0.39, 0.29) is 6.10 Å². The summed E-state index contributed by atoms with van der Waals surface area (Å²) in [5, 5.41) is 8.57. The molecule has 0 aromatic heterocycles. The van der Waals surface area contributed by atoms with Crippen molar-refractivity contribution in [3.05, 3.63) is 0 Å². The molecule has 2 bridgehead atoms. The molecular weight excluding hydrogens is 150 g/mol. The summed E-state index contributed by atoms with van der Waals surface area (Å²) in [5.74, 6) is -0.399. The van der Waals surface area contributed by atoms with Crippen molar-refractivity contribution in [1.82, 2.24) is 4.90 Å². The number of nitrogens with zero attached hydrogens (tertiary/aromatic N) is 1. The fraction of sp³-hybridized carbons (Fsp3) is 0.667.